The molecule has 0 spiro atoms. The lowest BCUT2D eigenvalue weighted by molar-refractivity contribution is -0.384. The molecular weight excluding hydrogens is 585 g/mol. The summed E-state index contributed by atoms with van der Waals surface area (Å²) in [5.41, 5.74) is 2.99. The number of aliphatic hydroxyl groups is 1. The highest BCUT2D eigenvalue weighted by atomic mass is 32.2. The molecule has 1 amide bonds. The summed E-state index contributed by atoms with van der Waals surface area (Å²) >= 11 is 2.59. The lowest BCUT2D eigenvalue weighted by atomic mass is 9.93. The van der Waals surface area contributed by atoms with Crippen molar-refractivity contribution >= 4 is 62.1 Å². The van der Waals surface area contributed by atoms with Crippen LogP contribution in [0.4, 0.5) is 10.8 Å². The summed E-state index contributed by atoms with van der Waals surface area (Å²) in [4.78, 5) is 39.4. The first kappa shape index (κ1) is 28.3. The first-order valence-electron chi connectivity index (χ1n) is 13.3. The zero-order chi connectivity index (χ0) is 30.2. The second kappa shape index (κ2) is 11.4. The smallest absolute Gasteiger partial charge is 0.301 e. The molecule has 1 fully saturated rings. The summed E-state index contributed by atoms with van der Waals surface area (Å²) in [6.45, 7) is 3.64. The van der Waals surface area contributed by atoms with Crippen LogP contribution in [0.15, 0.2) is 94.8 Å². The quantitative estimate of drug-likeness (QED) is 0.0393. The van der Waals surface area contributed by atoms with Gasteiger partial charge in [-0.2, -0.15) is 0 Å². The van der Waals surface area contributed by atoms with Gasteiger partial charge in [0.2, 0.25) is 5.13 Å². The third-order valence-electron chi connectivity index (χ3n) is 7.32. The SMILES string of the molecule is Cc1ccc(C)c(C(O)=C2C(=O)C(=O)N(c3nnc(SCc4cccc5ccccc45)s3)C2c2cccc([N+](=O)[O-])c2)c1. The first-order valence-corrected chi connectivity index (χ1v) is 15.1. The topological polar surface area (TPSA) is 127 Å². The Hall–Kier alpha value is -4.87. The fourth-order valence-electron chi connectivity index (χ4n) is 5.21. The van der Waals surface area contributed by atoms with Crippen molar-refractivity contribution in [2.45, 2.75) is 30.0 Å². The van der Waals surface area contributed by atoms with E-state index in [9.17, 15) is 24.8 Å². The van der Waals surface area contributed by atoms with E-state index in [0.29, 0.717) is 26.8 Å². The number of benzene rings is 4. The second-order valence-corrected chi connectivity index (χ2v) is 12.3. The van der Waals surface area contributed by atoms with Crippen LogP contribution in [0.3, 0.4) is 0 Å². The Balaban J connectivity index is 1.41. The van der Waals surface area contributed by atoms with E-state index in [-0.39, 0.29) is 22.2 Å². The van der Waals surface area contributed by atoms with Crippen molar-refractivity contribution in [3.8, 4) is 0 Å². The first-order chi connectivity index (χ1) is 20.7. The zero-order valence-electron chi connectivity index (χ0n) is 23.1. The van der Waals surface area contributed by atoms with Crippen molar-refractivity contribution < 1.29 is 19.6 Å². The predicted molar refractivity (Wildman–Crippen MR) is 167 cm³/mol. The fourth-order valence-corrected chi connectivity index (χ4v) is 7.08. The Morgan fingerprint density at radius 1 is 1.00 bits per heavy atom. The van der Waals surface area contributed by atoms with Crippen LogP contribution in [0.2, 0.25) is 0 Å². The number of fused-ring (bicyclic) bond motifs is 1. The van der Waals surface area contributed by atoms with Gasteiger partial charge in [0.15, 0.2) is 4.34 Å². The number of non-ortho nitro benzene ring substituents is 1. The van der Waals surface area contributed by atoms with Gasteiger partial charge in [-0.3, -0.25) is 24.6 Å². The van der Waals surface area contributed by atoms with E-state index in [1.54, 1.807) is 19.1 Å². The standard InChI is InChI=1S/C32H24N4O5S2/c1-18-13-14-19(2)25(15-18)28(37)26-27(21-9-6-11-23(16-21)36(40)41)35(30(39)29(26)38)31-33-34-32(43-31)42-17-22-10-5-8-20-7-3-4-12-24(20)22/h3-16,27,37H,17H2,1-2H3. The highest BCUT2D eigenvalue weighted by Crippen LogP contribution is 2.45. The van der Waals surface area contributed by atoms with Gasteiger partial charge in [-0.25, -0.2) is 0 Å². The summed E-state index contributed by atoms with van der Waals surface area (Å²) in [5, 5.41) is 34.1. The van der Waals surface area contributed by atoms with Crippen molar-refractivity contribution in [2.75, 3.05) is 4.90 Å². The average molecular weight is 609 g/mol. The maximum absolute atomic E-state index is 13.6. The van der Waals surface area contributed by atoms with E-state index in [1.165, 1.54) is 34.9 Å². The van der Waals surface area contributed by atoms with Gasteiger partial charge in [0.25, 0.3) is 11.5 Å². The molecule has 0 radical (unpaired) electrons. The molecule has 1 aromatic heterocycles. The molecule has 214 valence electrons. The van der Waals surface area contributed by atoms with E-state index in [0.717, 1.165) is 33.2 Å². The van der Waals surface area contributed by atoms with E-state index in [4.69, 9.17) is 0 Å². The number of aryl methyl sites for hydroxylation is 2. The Bertz CT molecular complexity index is 1960. The largest absolute Gasteiger partial charge is 0.507 e. The molecule has 0 aliphatic carbocycles. The van der Waals surface area contributed by atoms with Crippen molar-refractivity contribution in [3.05, 3.63) is 128 Å². The second-order valence-electron chi connectivity index (χ2n) is 10.1. The molecule has 1 aliphatic heterocycles. The number of nitrogens with zero attached hydrogens (tertiary/aromatic N) is 4. The third-order valence-corrected chi connectivity index (χ3v) is 9.43. The molecule has 9 nitrogen and oxygen atoms in total. The Morgan fingerprint density at radius 3 is 2.58 bits per heavy atom. The van der Waals surface area contributed by atoms with Gasteiger partial charge in [0.1, 0.15) is 5.76 Å². The minimum absolute atomic E-state index is 0.152. The van der Waals surface area contributed by atoms with Crippen molar-refractivity contribution in [3.63, 3.8) is 0 Å². The van der Waals surface area contributed by atoms with Crippen molar-refractivity contribution in [1.82, 2.24) is 10.2 Å². The van der Waals surface area contributed by atoms with Crippen LogP contribution in [-0.2, 0) is 15.3 Å². The molecule has 43 heavy (non-hydrogen) atoms. The number of nitro groups is 1. The minimum Gasteiger partial charge on any atom is -0.507 e. The number of aromatic nitrogens is 2. The zero-order valence-corrected chi connectivity index (χ0v) is 24.7. The number of hydrogen-bond donors (Lipinski definition) is 1. The van der Waals surface area contributed by atoms with E-state index < -0.39 is 22.7 Å². The lowest BCUT2D eigenvalue weighted by Crippen LogP contribution is -2.29. The van der Waals surface area contributed by atoms with Gasteiger partial charge in [-0.1, -0.05) is 95.4 Å². The molecule has 1 N–H and O–H groups in total. The molecule has 1 atom stereocenters. The molecule has 5 aromatic rings. The molecule has 1 unspecified atom stereocenters. The number of anilines is 1. The molecule has 1 saturated heterocycles. The predicted octanol–water partition coefficient (Wildman–Crippen LogP) is 7.13. The van der Waals surface area contributed by atoms with Crippen LogP contribution in [0.1, 0.15) is 33.9 Å². The van der Waals surface area contributed by atoms with Gasteiger partial charge in [-0.05, 0) is 47.4 Å². The number of ketones is 1. The Kier molecular flexibility index (Phi) is 7.51. The molecular formula is C32H24N4O5S2. The number of carbonyl (C=O) groups excluding carboxylic acids is 2. The molecule has 0 bridgehead atoms. The number of Topliss-reactive ketones (excluding diaryl/α,β-unsaturated/α-hetero) is 1. The molecule has 0 saturated carbocycles. The highest BCUT2D eigenvalue weighted by molar-refractivity contribution is 8.00. The average Bonchev–Trinajstić information content (AvgIpc) is 3.58. The number of thioether (sulfide) groups is 1. The van der Waals surface area contributed by atoms with Gasteiger partial charge >= 0.3 is 5.91 Å². The summed E-state index contributed by atoms with van der Waals surface area (Å²) in [7, 11) is 0. The van der Waals surface area contributed by atoms with E-state index in [2.05, 4.69) is 28.4 Å². The number of rotatable bonds is 7. The number of nitro benzene ring substituents is 1. The van der Waals surface area contributed by atoms with Crippen LogP contribution >= 0.6 is 23.1 Å². The van der Waals surface area contributed by atoms with Crippen LogP contribution in [0.25, 0.3) is 16.5 Å². The van der Waals surface area contributed by atoms with Crippen LogP contribution in [0, 0.1) is 24.0 Å². The summed E-state index contributed by atoms with van der Waals surface area (Å²) in [6, 6.07) is 24.2. The Labute approximate surface area is 254 Å². The third kappa shape index (κ3) is 5.28. The van der Waals surface area contributed by atoms with Crippen LogP contribution in [0.5, 0.6) is 0 Å². The number of amides is 1. The van der Waals surface area contributed by atoms with Crippen LogP contribution in [-0.4, -0.2) is 31.9 Å². The maximum Gasteiger partial charge on any atom is 0.301 e. The van der Waals surface area contributed by atoms with Gasteiger partial charge in [0, 0.05) is 23.4 Å². The highest BCUT2D eigenvalue weighted by Gasteiger charge is 2.48. The van der Waals surface area contributed by atoms with Gasteiger partial charge in [-0.15, -0.1) is 10.2 Å². The van der Waals surface area contributed by atoms with Gasteiger partial charge in [0.05, 0.1) is 16.5 Å². The molecule has 11 heteroatoms. The van der Waals surface area contributed by atoms with Gasteiger partial charge < -0.3 is 5.11 Å². The normalized spacial score (nSPS) is 16.2. The summed E-state index contributed by atoms with van der Waals surface area (Å²) in [5.74, 6) is -1.55. The van der Waals surface area contributed by atoms with E-state index in [1.807, 2.05) is 43.3 Å². The minimum atomic E-state index is -1.15. The van der Waals surface area contributed by atoms with Crippen molar-refractivity contribution in [2.24, 2.45) is 0 Å². The number of carbonyl (C=O) groups is 2. The molecule has 4 aromatic carbocycles. The number of hydrogen-bond acceptors (Lipinski definition) is 9. The van der Waals surface area contributed by atoms with Crippen LogP contribution < -0.4 is 4.90 Å². The summed E-state index contributed by atoms with van der Waals surface area (Å²) < 4.78 is 0.581. The molecule has 1 aliphatic rings. The monoisotopic (exact) mass is 608 g/mol. The number of aliphatic hydroxyl groups excluding tert-OH is 1. The summed E-state index contributed by atoms with van der Waals surface area (Å²) in [6.07, 6.45) is 0. The van der Waals surface area contributed by atoms with Crippen molar-refractivity contribution in [1.29, 1.82) is 0 Å². The maximum atomic E-state index is 13.6. The van der Waals surface area contributed by atoms with E-state index >= 15 is 0 Å². The lowest BCUT2D eigenvalue weighted by Gasteiger charge is -2.22. The molecule has 2 heterocycles. The fraction of sp³-hybridized carbons (Fsp3) is 0.125. The molecule has 6 rings (SSSR count). The Morgan fingerprint density at radius 2 is 1.77 bits per heavy atom.